The van der Waals surface area contributed by atoms with E-state index < -0.39 is 0 Å². The molecule has 0 unspecified atom stereocenters. The van der Waals surface area contributed by atoms with Crippen molar-refractivity contribution in [1.29, 1.82) is 0 Å². The molecule has 2 N–H and O–H groups in total. The molecular formula is C11H23N3O. The van der Waals surface area contributed by atoms with Crippen LogP contribution in [0.25, 0.3) is 0 Å². The average Bonchev–Trinajstić information content (AvgIpc) is 2.34. The lowest BCUT2D eigenvalue weighted by Gasteiger charge is -2.32. The van der Waals surface area contributed by atoms with Gasteiger partial charge in [0, 0.05) is 32.7 Å². The summed E-state index contributed by atoms with van der Waals surface area (Å²) in [6.07, 6.45) is 2.76. The quantitative estimate of drug-likeness (QED) is 0.661. The maximum Gasteiger partial charge on any atom is 0.106 e. The number of rotatable bonds is 2. The molecule has 15 heavy (non-hydrogen) atoms. The van der Waals surface area contributed by atoms with Crippen molar-refractivity contribution in [3.8, 4) is 0 Å². The Kier molecular flexibility index (Phi) is 6.55. The van der Waals surface area contributed by atoms with E-state index >= 15 is 0 Å². The Balaban J connectivity index is 0.000000531. The number of nitrogens with one attached hydrogen (secondary N) is 2. The molecule has 0 aliphatic carbocycles. The maximum atomic E-state index is 8.00. The van der Waals surface area contributed by atoms with E-state index in [1.54, 1.807) is 0 Å². The molecule has 0 amide bonds. The van der Waals surface area contributed by atoms with Gasteiger partial charge in [0.2, 0.25) is 0 Å². The highest BCUT2D eigenvalue weighted by Crippen LogP contribution is 2.13. The van der Waals surface area contributed by atoms with Gasteiger partial charge in [0.25, 0.3) is 0 Å². The SMILES string of the molecule is C1CC(CN2CCNCC2)CCN1.C=O. The molecular weight excluding hydrogens is 190 g/mol. The summed E-state index contributed by atoms with van der Waals surface area (Å²) in [6, 6.07) is 0. The van der Waals surface area contributed by atoms with Crippen LogP contribution in [0.5, 0.6) is 0 Å². The van der Waals surface area contributed by atoms with Crippen LogP contribution in [0.15, 0.2) is 0 Å². The summed E-state index contributed by atoms with van der Waals surface area (Å²) in [5, 5.41) is 6.82. The third-order valence-electron chi connectivity index (χ3n) is 3.18. The topological polar surface area (TPSA) is 44.4 Å². The van der Waals surface area contributed by atoms with Gasteiger partial charge in [0.05, 0.1) is 0 Å². The minimum absolute atomic E-state index is 0.958. The Morgan fingerprint density at radius 3 is 2.13 bits per heavy atom. The van der Waals surface area contributed by atoms with E-state index in [1.807, 2.05) is 6.79 Å². The molecule has 0 radical (unpaired) electrons. The van der Waals surface area contributed by atoms with Gasteiger partial charge in [-0.05, 0) is 31.8 Å². The van der Waals surface area contributed by atoms with Gasteiger partial charge in [-0.15, -0.1) is 0 Å². The van der Waals surface area contributed by atoms with Crippen molar-refractivity contribution in [2.24, 2.45) is 5.92 Å². The third kappa shape index (κ3) is 4.73. The molecule has 2 rings (SSSR count). The summed E-state index contributed by atoms with van der Waals surface area (Å²) in [5.74, 6) is 0.958. The second-order valence-corrected chi connectivity index (χ2v) is 4.24. The van der Waals surface area contributed by atoms with Crippen molar-refractivity contribution in [2.75, 3.05) is 45.8 Å². The van der Waals surface area contributed by atoms with Crippen molar-refractivity contribution in [3.05, 3.63) is 0 Å². The van der Waals surface area contributed by atoms with E-state index in [2.05, 4.69) is 15.5 Å². The van der Waals surface area contributed by atoms with Crippen LogP contribution in [-0.4, -0.2) is 57.5 Å². The van der Waals surface area contributed by atoms with Gasteiger partial charge >= 0.3 is 0 Å². The lowest BCUT2D eigenvalue weighted by Crippen LogP contribution is -2.46. The summed E-state index contributed by atoms with van der Waals surface area (Å²) in [4.78, 5) is 10.6. The zero-order chi connectivity index (χ0) is 10.9. The standard InChI is InChI=1S/C10H21N3.CH2O/c1-3-11-4-2-10(1)9-13-7-5-12-6-8-13;1-2/h10-12H,1-9H2;1H2. The number of carbonyl (C=O) groups excluding carboxylic acids is 1. The van der Waals surface area contributed by atoms with Gasteiger partial charge in [-0.2, -0.15) is 0 Å². The van der Waals surface area contributed by atoms with E-state index in [1.165, 1.54) is 58.7 Å². The van der Waals surface area contributed by atoms with Crippen molar-refractivity contribution in [3.63, 3.8) is 0 Å². The highest BCUT2D eigenvalue weighted by molar-refractivity contribution is 5.10. The second-order valence-electron chi connectivity index (χ2n) is 4.24. The zero-order valence-electron chi connectivity index (χ0n) is 9.50. The van der Waals surface area contributed by atoms with E-state index in [0.29, 0.717) is 0 Å². The zero-order valence-corrected chi connectivity index (χ0v) is 9.50. The smallest absolute Gasteiger partial charge is 0.106 e. The van der Waals surface area contributed by atoms with Crippen LogP contribution in [0.2, 0.25) is 0 Å². The second kappa shape index (κ2) is 7.79. The molecule has 88 valence electrons. The highest BCUT2D eigenvalue weighted by atomic mass is 16.1. The minimum Gasteiger partial charge on any atom is -0.317 e. The first-order valence-corrected chi connectivity index (χ1v) is 5.88. The number of nitrogens with zero attached hydrogens (tertiary/aromatic N) is 1. The van der Waals surface area contributed by atoms with Gasteiger partial charge in [-0.3, -0.25) is 0 Å². The van der Waals surface area contributed by atoms with Crippen LogP contribution in [0, 0.1) is 5.92 Å². The lowest BCUT2D eigenvalue weighted by atomic mass is 9.97. The molecule has 0 bridgehead atoms. The van der Waals surface area contributed by atoms with Gasteiger partial charge in [-0.1, -0.05) is 0 Å². The number of piperidine rings is 1. The fourth-order valence-electron chi connectivity index (χ4n) is 2.32. The minimum atomic E-state index is 0.958. The Morgan fingerprint density at radius 2 is 1.53 bits per heavy atom. The van der Waals surface area contributed by atoms with E-state index in [9.17, 15) is 0 Å². The van der Waals surface area contributed by atoms with Crippen LogP contribution in [0.4, 0.5) is 0 Å². The van der Waals surface area contributed by atoms with Gasteiger partial charge in [0.15, 0.2) is 0 Å². The molecule has 0 aromatic rings. The van der Waals surface area contributed by atoms with Gasteiger partial charge in [0.1, 0.15) is 6.79 Å². The van der Waals surface area contributed by atoms with Gasteiger partial charge < -0.3 is 20.3 Å². The van der Waals surface area contributed by atoms with Crippen molar-refractivity contribution < 1.29 is 4.79 Å². The molecule has 2 aliphatic rings. The first-order chi connectivity index (χ1) is 7.45. The van der Waals surface area contributed by atoms with E-state index in [0.717, 1.165) is 5.92 Å². The first-order valence-electron chi connectivity index (χ1n) is 5.88. The molecule has 2 heterocycles. The number of hydrogen-bond acceptors (Lipinski definition) is 4. The summed E-state index contributed by atoms with van der Waals surface area (Å²) < 4.78 is 0. The first kappa shape index (κ1) is 12.6. The largest absolute Gasteiger partial charge is 0.317 e. The molecule has 0 atom stereocenters. The summed E-state index contributed by atoms with van der Waals surface area (Å²) in [6.45, 7) is 10.7. The molecule has 4 heteroatoms. The van der Waals surface area contributed by atoms with Crippen LogP contribution >= 0.6 is 0 Å². The maximum absolute atomic E-state index is 8.00. The molecule has 0 aromatic carbocycles. The lowest BCUT2D eigenvalue weighted by molar-refractivity contribution is -0.0979. The predicted octanol–water partition coefficient (Wildman–Crippen LogP) is -0.294. The van der Waals surface area contributed by atoms with E-state index in [-0.39, 0.29) is 0 Å². The monoisotopic (exact) mass is 213 g/mol. The molecule has 4 nitrogen and oxygen atoms in total. The summed E-state index contributed by atoms with van der Waals surface area (Å²) in [7, 11) is 0. The number of piperazine rings is 1. The Hall–Kier alpha value is -0.450. The summed E-state index contributed by atoms with van der Waals surface area (Å²) in [5.41, 5.74) is 0. The van der Waals surface area contributed by atoms with Crippen molar-refractivity contribution in [2.45, 2.75) is 12.8 Å². The van der Waals surface area contributed by atoms with Gasteiger partial charge in [-0.25, -0.2) is 0 Å². The number of carbonyl (C=O) groups is 1. The molecule has 2 aliphatic heterocycles. The number of hydrogen-bond donors (Lipinski definition) is 2. The normalized spacial score (nSPS) is 24.3. The average molecular weight is 213 g/mol. The van der Waals surface area contributed by atoms with Crippen molar-refractivity contribution in [1.82, 2.24) is 15.5 Å². The van der Waals surface area contributed by atoms with Crippen LogP contribution in [0.3, 0.4) is 0 Å². The molecule has 0 aromatic heterocycles. The van der Waals surface area contributed by atoms with E-state index in [4.69, 9.17) is 4.79 Å². The Bertz CT molecular complexity index is 138. The highest BCUT2D eigenvalue weighted by Gasteiger charge is 2.17. The predicted molar refractivity (Wildman–Crippen MR) is 62.0 cm³/mol. The Morgan fingerprint density at radius 1 is 1.00 bits per heavy atom. The fraction of sp³-hybridized carbons (Fsp3) is 0.909. The molecule has 0 saturated carbocycles. The summed E-state index contributed by atoms with van der Waals surface area (Å²) >= 11 is 0. The molecule has 2 saturated heterocycles. The fourth-order valence-corrected chi connectivity index (χ4v) is 2.32. The third-order valence-corrected chi connectivity index (χ3v) is 3.18. The molecule has 2 fully saturated rings. The van der Waals surface area contributed by atoms with Crippen LogP contribution in [-0.2, 0) is 4.79 Å². The van der Waals surface area contributed by atoms with Crippen LogP contribution in [0.1, 0.15) is 12.8 Å². The Labute approximate surface area is 92.4 Å². The molecule has 0 spiro atoms. The van der Waals surface area contributed by atoms with Crippen LogP contribution < -0.4 is 10.6 Å². The van der Waals surface area contributed by atoms with Crippen molar-refractivity contribution >= 4 is 6.79 Å².